The Labute approximate surface area is 102 Å². The summed E-state index contributed by atoms with van der Waals surface area (Å²) in [6, 6.07) is 1.43. The highest BCUT2D eigenvalue weighted by Crippen LogP contribution is 2.26. The van der Waals surface area contributed by atoms with E-state index in [4.69, 9.17) is 0 Å². The summed E-state index contributed by atoms with van der Waals surface area (Å²) in [5.41, 5.74) is 0.665. The normalized spacial score (nSPS) is 15.4. The van der Waals surface area contributed by atoms with Crippen molar-refractivity contribution in [1.29, 1.82) is 0 Å². The third-order valence-electron chi connectivity index (χ3n) is 2.47. The van der Waals surface area contributed by atoms with Crippen molar-refractivity contribution in [3.05, 3.63) is 46.2 Å². The molecule has 1 aliphatic carbocycles. The highest BCUT2D eigenvalue weighted by molar-refractivity contribution is 7.99. The molecule has 0 fully saturated rings. The number of thioether (sulfide) groups is 1. The number of aromatic nitrogens is 1. The van der Waals surface area contributed by atoms with Crippen molar-refractivity contribution in [3.63, 3.8) is 0 Å². The summed E-state index contributed by atoms with van der Waals surface area (Å²) in [7, 11) is 0. The second kappa shape index (κ2) is 5.23. The molecule has 0 aromatic carbocycles. The van der Waals surface area contributed by atoms with Crippen LogP contribution >= 0.6 is 11.8 Å². The average Bonchev–Trinajstić information content (AvgIpc) is 2.33. The minimum Gasteiger partial charge on any atom is -0.503 e. The summed E-state index contributed by atoms with van der Waals surface area (Å²) in [4.78, 5) is 14.2. The molecule has 0 atom stereocenters. The molecule has 17 heavy (non-hydrogen) atoms. The number of rotatable bonds is 3. The van der Waals surface area contributed by atoms with Crippen molar-refractivity contribution in [1.82, 2.24) is 4.98 Å². The third kappa shape index (κ3) is 3.23. The molecule has 90 valence electrons. The van der Waals surface area contributed by atoms with Crippen LogP contribution in [0.1, 0.15) is 12.8 Å². The zero-order valence-electron chi connectivity index (χ0n) is 9.07. The molecule has 2 N–H and O–H groups in total. The van der Waals surface area contributed by atoms with Gasteiger partial charge in [-0.15, -0.1) is 11.8 Å². The lowest BCUT2D eigenvalue weighted by Crippen LogP contribution is -2.03. The van der Waals surface area contributed by atoms with Crippen LogP contribution in [0, 0.1) is 0 Å². The van der Waals surface area contributed by atoms with Crippen molar-refractivity contribution in [2.75, 3.05) is 5.75 Å². The zero-order valence-corrected chi connectivity index (χ0v) is 9.89. The maximum absolute atomic E-state index is 12.8. The predicted molar refractivity (Wildman–Crippen MR) is 66.0 cm³/mol. The first-order valence-electron chi connectivity index (χ1n) is 5.24. The van der Waals surface area contributed by atoms with Crippen LogP contribution in [0.3, 0.4) is 0 Å². The molecular formula is C12H12FNO2S. The van der Waals surface area contributed by atoms with Crippen LogP contribution in [-0.4, -0.2) is 15.8 Å². The van der Waals surface area contributed by atoms with Crippen LogP contribution in [0.15, 0.2) is 45.5 Å². The van der Waals surface area contributed by atoms with E-state index in [9.17, 15) is 14.3 Å². The number of hydrogen-bond acceptors (Lipinski definition) is 3. The minimum atomic E-state index is -0.490. The summed E-state index contributed by atoms with van der Waals surface area (Å²) < 4.78 is 12.8. The van der Waals surface area contributed by atoms with Crippen LogP contribution in [0.2, 0.25) is 0 Å². The summed E-state index contributed by atoms with van der Waals surface area (Å²) in [6.07, 6.45) is 6.03. The summed E-state index contributed by atoms with van der Waals surface area (Å²) in [5, 5.41) is 9.24. The number of H-pyrrole nitrogens is 1. The van der Waals surface area contributed by atoms with E-state index in [0.29, 0.717) is 6.42 Å². The van der Waals surface area contributed by atoms with Crippen LogP contribution in [-0.2, 0) is 0 Å². The van der Waals surface area contributed by atoms with Gasteiger partial charge in [-0.1, -0.05) is 11.6 Å². The third-order valence-corrected chi connectivity index (χ3v) is 3.55. The van der Waals surface area contributed by atoms with Gasteiger partial charge in [0.15, 0.2) is 5.75 Å². The first kappa shape index (κ1) is 12.0. The molecule has 0 bridgehead atoms. The Morgan fingerprint density at radius 2 is 2.24 bits per heavy atom. The standard InChI is InChI=1S/C12H12FNO2S/c13-9-3-1-8(2-4-9)7-17-10-5-11(15)12(16)14-6-10/h1,3,5-6,15H,2,4,7H2,(H,14,16). The fraction of sp³-hybridized carbons (Fsp3) is 0.250. The molecule has 0 saturated heterocycles. The summed E-state index contributed by atoms with van der Waals surface area (Å²) in [5.74, 6) is 0.369. The molecule has 0 radical (unpaired) electrons. The fourth-order valence-corrected chi connectivity index (χ4v) is 2.42. The molecule has 0 aliphatic heterocycles. The number of pyridine rings is 1. The van der Waals surface area contributed by atoms with E-state index in [1.165, 1.54) is 23.9 Å². The summed E-state index contributed by atoms with van der Waals surface area (Å²) in [6.45, 7) is 0. The Bertz CT molecular complexity index is 534. The molecule has 2 rings (SSSR count). The van der Waals surface area contributed by atoms with Crippen molar-refractivity contribution in [2.24, 2.45) is 0 Å². The van der Waals surface area contributed by atoms with Gasteiger partial charge in [0.25, 0.3) is 5.56 Å². The number of hydrogen-bond donors (Lipinski definition) is 2. The van der Waals surface area contributed by atoms with Gasteiger partial charge in [-0.2, -0.15) is 0 Å². The van der Waals surface area contributed by atoms with Gasteiger partial charge in [0.05, 0.1) is 0 Å². The number of halogens is 1. The maximum atomic E-state index is 12.8. The van der Waals surface area contributed by atoms with Crippen LogP contribution in [0.5, 0.6) is 5.75 Å². The smallest absolute Gasteiger partial charge is 0.290 e. The molecule has 3 nitrogen and oxygen atoms in total. The van der Waals surface area contributed by atoms with Crippen LogP contribution in [0.25, 0.3) is 0 Å². The average molecular weight is 253 g/mol. The SMILES string of the molecule is O=c1[nH]cc(SCC2=CC=C(F)CC2)cc1O. The Balaban J connectivity index is 1.98. The first-order chi connectivity index (χ1) is 8.15. The summed E-state index contributed by atoms with van der Waals surface area (Å²) >= 11 is 1.50. The van der Waals surface area contributed by atoms with Crippen molar-refractivity contribution >= 4 is 11.8 Å². The van der Waals surface area contributed by atoms with E-state index >= 15 is 0 Å². The van der Waals surface area contributed by atoms with Crippen molar-refractivity contribution in [2.45, 2.75) is 17.7 Å². The lowest BCUT2D eigenvalue weighted by molar-refractivity contribution is 0.464. The van der Waals surface area contributed by atoms with Gasteiger partial charge < -0.3 is 10.1 Å². The molecule has 1 aromatic rings. The van der Waals surface area contributed by atoms with E-state index in [1.54, 1.807) is 12.3 Å². The van der Waals surface area contributed by atoms with E-state index in [-0.39, 0.29) is 11.6 Å². The van der Waals surface area contributed by atoms with E-state index in [0.717, 1.165) is 22.6 Å². The molecule has 1 aliphatic rings. The Kier molecular flexibility index (Phi) is 3.68. The number of aromatic amines is 1. The molecule has 0 unspecified atom stereocenters. The molecule has 5 heteroatoms. The van der Waals surface area contributed by atoms with Crippen LogP contribution in [0.4, 0.5) is 4.39 Å². The lowest BCUT2D eigenvalue weighted by Gasteiger charge is -2.09. The highest BCUT2D eigenvalue weighted by Gasteiger charge is 2.07. The molecule has 1 aromatic heterocycles. The Hall–Kier alpha value is -1.49. The van der Waals surface area contributed by atoms with Gasteiger partial charge in [0, 0.05) is 29.3 Å². The van der Waals surface area contributed by atoms with E-state index < -0.39 is 5.56 Å². The Morgan fingerprint density at radius 3 is 2.88 bits per heavy atom. The molecule has 0 amide bonds. The quantitative estimate of drug-likeness (QED) is 0.814. The molecule has 0 saturated carbocycles. The minimum absolute atomic E-state index is 0.0829. The van der Waals surface area contributed by atoms with E-state index in [1.807, 2.05) is 0 Å². The molecule has 0 spiro atoms. The Morgan fingerprint density at radius 1 is 1.41 bits per heavy atom. The van der Waals surface area contributed by atoms with E-state index in [2.05, 4.69) is 4.98 Å². The van der Waals surface area contributed by atoms with Crippen molar-refractivity contribution < 1.29 is 9.50 Å². The lowest BCUT2D eigenvalue weighted by atomic mass is 10.1. The number of nitrogens with one attached hydrogen (secondary N) is 1. The van der Waals surface area contributed by atoms with Gasteiger partial charge in [-0.25, -0.2) is 4.39 Å². The number of aromatic hydroxyl groups is 1. The van der Waals surface area contributed by atoms with Gasteiger partial charge in [0.1, 0.15) is 5.83 Å². The van der Waals surface area contributed by atoms with Gasteiger partial charge >= 0.3 is 0 Å². The maximum Gasteiger partial charge on any atom is 0.290 e. The zero-order chi connectivity index (χ0) is 12.3. The predicted octanol–water partition coefficient (Wildman–Crippen LogP) is 2.75. The molecule has 1 heterocycles. The van der Waals surface area contributed by atoms with Gasteiger partial charge in [0.2, 0.25) is 0 Å². The first-order valence-corrected chi connectivity index (χ1v) is 6.22. The second-order valence-electron chi connectivity index (χ2n) is 3.78. The van der Waals surface area contributed by atoms with Crippen molar-refractivity contribution in [3.8, 4) is 5.75 Å². The topological polar surface area (TPSA) is 53.1 Å². The van der Waals surface area contributed by atoms with Gasteiger partial charge in [-0.3, -0.25) is 4.79 Å². The number of allylic oxidation sites excluding steroid dienone is 3. The second-order valence-corrected chi connectivity index (χ2v) is 4.83. The van der Waals surface area contributed by atoms with Gasteiger partial charge in [-0.05, 0) is 12.5 Å². The largest absolute Gasteiger partial charge is 0.503 e. The van der Waals surface area contributed by atoms with Crippen LogP contribution < -0.4 is 5.56 Å². The monoisotopic (exact) mass is 253 g/mol. The fourth-order valence-electron chi connectivity index (χ4n) is 1.49. The highest BCUT2D eigenvalue weighted by atomic mass is 32.2. The molecular weight excluding hydrogens is 241 g/mol.